The standard InChI is InChI=1S/C16H17F2NO/c1-11-3-8-14(17)16(15(11)18)19-10-9-12-4-6-13(20-2)7-5-12/h3-8,19H,9-10H2,1-2H3. The summed E-state index contributed by atoms with van der Waals surface area (Å²) in [6, 6.07) is 10.3. The molecular formula is C16H17F2NO. The fourth-order valence-electron chi connectivity index (χ4n) is 1.94. The Kier molecular flexibility index (Phi) is 4.56. The van der Waals surface area contributed by atoms with E-state index in [1.54, 1.807) is 14.0 Å². The summed E-state index contributed by atoms with van der Waals surface area (Å²) in [5.74, 6) is -0.306. The predicted octanol–water partition coefficient (Wildman–Crippen LogP) is 3.94. The summed E-state index contributed by atoms with van der Waals surface area (Å²) >= 11 is 0. The smallest absolute Gasteiger partial charge is 0.152 e. The molecule has 2 aromatic rings. The Bertz CT molecular complexity index is 582. The third-order valence-corrected chi connectivity index (χ3v) is 3.16. The van der Waals surface area contributed by atoms with E-state index in [1.165, 1.54) is 12.1 Å². The second kappa shape index (κ2) is 6.37. The van der Waals surface area contributed by atoms with Crippen LogP contribution in [0, 0.1) is 18.6 Å². The number of anilines is 1. The maximum Gasteiger partial charge on any atom is 0.152 e. The van der Waals surface area contributed by atoms with Crippen molar-refractivity contribution in [3.63, 3.8) is 0 Å². The van der Waals surface area contributed by atoms with Crippen molar-refractivity contribution in [2.45, 2.75) is 13.3 Å². The van der Waals surface area contributed by atoms with Gasteiger partial charge in [0.15, 0.2) is 5.82 Å². The van der Waals surface area contributed by atoms with Gasteiger partial charge in [0, 0.05) is 6.54 Å². The Balaban J connectivity index is 1.97. The lowest BCUT2D eigenvalue weighted by Gasteiger charge is -2.10. The SMILES string of the molecule is COc1ccc(CCNc2c(F)ccc(C)c2F)cc1. The molecule has 0 saturated heterocycles. The minimum atomic E-state index is -0.567. The molecular weight excluding hydrogens is 260 g/mol. The molecule has 0 radical (unpaired) electrons. The molecule has 0 aliphatic heterocycles. The Labute approximate surface area is 117 Å². The zero-order valence-electron chi connectivity index (χ0n) is 11.5. The highest BCUT2D eigenvalue weighted by molar-refractivity contribution is 5.49. The molecule has 1 N–H and O–H groups in total. The number of nitrogens with one attached hydrogen (secondary N) is 1. The van der Waals surface area contributed by atoms with Crippen LogP contribution in [-0.2, 0) is 6.42 Å². The largest absolute Gasteiger partial charge is 0.497 e. The maximum atomic E-state index is 13.8. The first-order chi connectivity index (χ1) is 9.61. The molecule has 2 aromatic carbocycles. The molecule has 0 atom stereocenters. The molecule has 0 aromatic heterocycles. The highest BCUT2D eigenvalue weighted by atomic mass is 19.1. The highest BCUT2D eigenvalue weighted by Crippen LogP contribution is 2.21. The topological polar surface area (TPSA) is 21.3 Å². The summed E-state index contributed by atoms with van der Waals surface area (Å²) in [6.07, 6.45) is 0.677. The Hall–Kier alpha value is -2.10. The van der Waals surface area contributed by atoms with Crippen LogP contribution < -0.4 is 10.1 Å². The van der Waals surface area contributed by atoms with Crippen molar-refractivity contribution in [1.29, 1.82) is 0 Å². The van der Waals surface area contributed by atoms with E-state index in [4.69, 9.17) is 4.74 Å². The summed E-state index contributed by atoms with van der Waals surface area (Å²) in [6.45, 7) is 2.08. The van der Waals surface area contributed by atoms with Crippen molar-refractivity contribution in [2.24, 2.45) is 0 Å². The van der Waals surface area contributed by atoms with Crippen molar-refractivity contribution < 1.29 is 13.5 Å². The minimum Gasteiger partial charge on any atom is -0.497 e. The van der Waals surface area contributed by atoms with Gasteiger partial charge in [0.1, 0.15) is 17.3 Å². The van der Waals surface area contributed by atoms with Gasteiger partial charge in [-0.05, 0) is 42.7 Å². The first-order valence-corrected chi connectivity index (χ1v) is 6.43. The van der Waals surface area contributed by atoms with Gasteiger partial charge in [-0.25, -0.2) is 8.78 Å². The average molecular weight is 277 g/mol. The van der Waals surface area contributed by atoms with Gasteiger partial charge in [-0.1, -0.05) is 18.2 Å². The monoisotopic (exact) mass is 277 g/mol. The minimum absolute atomic E-state index is 0.0569. The van der Waals surface area contributed by atoms with Gasteiger partial charge in [-0.2, -0.15) is 0 Å². The van der Waals surface area contributed by atoms with Crippen molar-refractivity contribution in [1.82, 2.24) is 0 Å². The van der Waals surface area contributed by atoms with Crippen molar-refractivity contribution in [3.8, 4) is 5.75 Å². The molecule has 0 amide bonds. The first kappa shape index (κ1) is 14.3. The fourth-order valence-corrected chi connectivity index (χ4v) is 1.94. The van der Waals surface area contributed by atoms with E-state index >= 15 is 0 Å². The molecule has 0 heterocycles. The third-order valence-electron chi connectivity index (χ3n) is 3.16. The average Bonchev–Trinajstić information content (AvgIpc) is 2.47. The van der Waals surface area contributed by atoms with E-state index in [1.807, 2.05) is 24.3 Å². The van der Waals surface area contributed by atoms with Gasteiger partial charge in [-0.3, -0.25) is 0 Å². The number of methoxy groups -OCH3 is 1. The van der Waals surface area contributed by atoms with Gasteiger partial charge in [0.05, 0.1) is 7.11 Å². The molecule has 0 aliphatic rings. The lowest BCUT2D eigenvalue weighted by atomic mass is 10.1. The zero-order valence-corrected chi connectivity index (χ0v) is 11.5. The van der Waals surface area contributed by atoms with Gasteiger partial charge in [0.2, 0.25) is 0 Å². The second-order valence-corrected chi connectivity index (χ2v) is 4.58. The van der Waals surface area contributed by atoms with Crippen LogP contribution >= 0.6 is 0 Å². The third kappa shape index (κ3) is 3.26. The van der Waals surface area contributed by atoms with Crippen LogP contribution in [0.5, 0.6) is 5.75 Å². The summed E-state index contributed by atoms with van der Waals surface area (Å²) in [5, 5.41) is 2.82. The number of ether oxygens (including phenoxy) is 1. The van der Waals surface area contributed by atoms with Gasteiger partial charge >= 0.3 is 0 Å². The van der Waals surface area contributed by atoms with Gasteiger partial charge < -0.3 is 10.1 Å². The van der Waals surface area contributed by atoms with Crippen LogP contribution in [0.3, 0.4) is 0 Å². The first-order valence-electron chi connectivity index (χ1n) is 6.43. The van der Waals surface area contributed by atoms with Gasteiger partial charge in [0.25, 0.3) is 0 Å². The van der Waals surface area contributed by atoms with Crippen molar-refractivity contribution >= 4 is 5.69 Å². The molecule has 0 spiro atoms. The summed E-state index contributed by atoms with van der Waals surface area (Å²) < 4.78 is 32.4. The van der Waals surface area contributed by atoms with E-state index in [2.05, 4.69) is 5.32 Å². The number of benzene rings is 2. The molecule has 2 nitrogen and oxygen atoms in total. The lowest BCUT2D eigenvalue weighted by molar-refractivity contribution is 0.414. The molecule has 0 saturated carbocycles. The van der Waals surface area contributed by atoms with Crippen LogP contribution in [0.4, 0.5) is 14.5 Å². The summed E-state index contributed by atoms with van der Waals surface area (Å²) in [4.78, 5) is 0. The van der Waals surface area contributed by atoms with E-state index in [0.717, 1.165) is 11.3 Å². The number of hydrogen-bond donors (Lipinski definition) is 1. The van der Waals surface area contributed by atoms with Crippen molar-refractivity contribution in [2.75, 3.05) is 19.0 Å². The van der Waals surface area contributed by atoms with E-state index in [9.17, 15) is 8.78 Å². The number of halogens is 2. The van der Waals surface area contributed by atoms with E-state index in [-0.39, 0.29) is 5.69 Å². The lowest BCUT2D eigenvalue weighted by Crippen LogP contribution is -2.09. The Morgan fingerprint density at radius 1 is 1.05 bits per heavy atom. The van der Waals surface area contributed by atoms with Crippen molar-refractivity contribution in [3.05, 3.63) is 59.2 Å². The molecule has 4 heteroatoms. The van der Waals surface area contributed by atoms with Crippen LogP contribution in [0.25, 0.3) is 0 Å². The number of rotatable bonds is 5. The van der Waals surface area contributed by atoms with Crippen LogP contribution in [0.15, 0.2) is 36.4 Å². The molecule has 0 fully saturated rings. The Morgan fingerprint density at radius 3 is 2.40 bits per heavy atom. The van der Waals surface area contributed by atoms with Crippen LogP contribution in [0.2, 0.25) is 0 Å². The number of aryl methyl sites for hydroxylation is 1. The Morgan fingerprint density at radius 2 is 1.75 bits per heavy atom. The predicted molar refractivity (Wildman–Crippen MR) is 76.3 cm³/mol. The quantitative estimate of drug-likeness (QED) is 0.894. The molecule has 106 valence electrons. The molecule has 0 bridgehead atoms. The van der Waals surface area contributed by atoms with E-state index in [0.29, 0.717) is 18.5 Å². The second-order valence-electron chi connectivity index (χ2n) is 4.58. The molecule has 2 rings (SSSR count). The normalized spacial score (nSPS) is 10.4. The fraction of sp³-hybridized carbons (Fsp3) is 0.250. The molecule has 20 heavy (non-hydrogen) atoms. The summed E-state index contributed by atoms with van der Waals surface area (Å²) in [5.41, 5.74) is 1.45. The zero-order chi connectivity index (χ0) is 14.5. The van der Waals surface area contributed by atoms with Crippen LogP contribution in [0.1, 0.15) is 11.1 Å². The summed E-state index contributed by atoms with van der Waals surface area (Å²) in [7, 11) is 1.61. The molecule has 0 aliphatic carbocycles. The van der Waals surface area contributed by atoms with Gasteiger partial charge in [-0.15, -0.1) is 0 Å². The number of hydrogen-bond acceptors (Lipinski definition) is 2. The van der Waals surface area contributed by atoms with E-state index < -0.39 is 11.6 Å². The molecule has 0 unspecified atom stereocenters. The highest BCUT2D eigenvalue weighted by Gasteiger charge is 2.10. The van der Waals surface area contributed by atoms with Crippen LogP contribution in [-0.4, -0.2) is 13.7 Å². The maximum absolute atomic E-state index is 13.8.